The number of piperidine rings is 1. The number of carbonyl (C=O) groups excluding carboxylic acids is 2. The van der Waals surface area contributed by atoms with Gasteiger partial charge in [0.25, 0.3) is 5.91 Å². The van der Waals surface area contributed by atoms with Crippen molar-refractivity contribution in [1.82, 2.24) is 14.9 Å². The van der Waals surface area contributed by atoms with Gasteiger partial charge < -0.3 is 19.5 Å². The molecule has 8 rings (SSSR count). The first-order chi connectivity index (χ1) is 28.3. The van der Waals surface area contributed by atoms with E-state index in [0.29, 0.717) is 59.5 Å². The summed E-state index contributed by atoms with van der Waals surface area (Å²) in [6.07, 6.45) is 7.38. The highest BCUT2D eigenvalue weighted by Crippen LogP contribution is 2.50. The van der Waals surface area contributed by atoms with Crippen molar-refractivity contribution in [2.75, 3.05) is 43.0 Å². The van der Waals surface area contributed by atoms with E-state index < -0.39 is 17.5 Å². The van der Waals surface area contributed by atoms with Crippen molar-refractivity contribution >= 4 is 50.3 Å². The fraction of sp³-hybridized carbons (Fsp3) is 0.426. The number of nitrogens with zero attached hydrogens (tertiary/aromatic N) is 4. The molecular formula is C47H53N5O6S. The van der Waals surface area contributed by atoms with Crippen molar-refractivity contribution in [3.63, 3.8) is 0 Å². The molecule has 1 saturated carbocycles. The molecule has 2 aromatic heterocycles. The molecule has 0 radical (unpaired) electrons. The van der Waals surface area contributed by atoms with Gasteiger partial charge in [-0.25, -0.2) is 14.8 Å². The summed E-state index contributed by atoms with van der Waals surface area (Å²) in [5, 5.41) is 12.8. The van der Waals surface area contributed by atoms with E-state index >= 15 is 0 Å². The minimum atomic E-state index is -0.750. The number of rotatable bonds is 11. The van der Waals surface area contributed by atoms with Crippen LogP contribution in [0.3, 0.4) is 0 Å². The van der Waals surface area contributed by atoms with Crippen molar-refractivity contribution in [2.45, 2.75) is 84.8 Å². The maximum Gasteiger partial charge on any atom is 0.358 e. The normalized spacial score (nSPS) is 17.8. The fourth-order valence-electron chi connectivity index (χ4n) is 9.21. The number of anilines is 2. The molecule has 2 aliphatic heterocycles. The number of amides is 1. The zero-order chi connectivity index (χ0) is 41.3. The first-order valence-electron chi connectivity index (χ1n) is 20.8. The Morgan fingerprint density at radius 2 is 1.73 bits per heavy atom. The number of pyridine rings is 1. The lowest BCUT2D eigenvalue weighted by molar-refractivity contribution is -0.138. The van der Waals surface area contributed by atoms with Crippen LogP contribution in [-0.2, 0) is 22.5 Å². The highest BCUT2D eigenvalue weighted by molar-refractivity contribution is 7.22. The number of hydrogen-bond acceptors (Lipinski definition) is 10. The number of likely N-dealkylation sites (tertiary alicyclic amines) is 1. The molecule has 11 nitrogen and oxygen atoms in total. The molecule has 308 valence electrons. The molecule has 1 aliphatic carbocycles. The second-order valence-corrected chi connectivity index (χ2v) is 18.5. The molecule has 0 bridgehead atoms. The molecule has 12 heteroatoms. The predicted octanol–water partition coefficient (Wildman–Crippen LogP) is 9.17. The SMILES string of the molecule is Cc1c(OCCC2CCC3(CCN(CC(=O)O)CC3)C2)cccc1-c1ccc(N2CCc3cccc(C(=O)Nc4nc5ccccc5s4)c3C2)nc1C(=O)OC(C)(C)C. The lowest BCUT2D eigenvalue weighted by atomic mass is 9.76. The van der Waals surface area contributed by atoms with Crippen molar-refractivity contribution in [1.29, 1.82) is 0 Å². The number of carbonyl (C=O) groups is 3. The van der Waals surface area contributed by atoms with Gasteiger partial charge in [0.15, 0.2) is 10.8 Å². The number of nitrogens with one attached hydrogen (secondary N) is 1. The van der Waals surface area contributed by atoms with Gasteiger partial charge in [-0.05, 0) is 156 Å². The maximum atomic E-state index is 14.0. The van der Waals surface area contributed by atoms with Crippen LogP contribution in [0.15, 0.2) is 72.8 Å². The Labute approximate surface area is 349 Å². The van der Waals surface area contributed by atoms with Crippen LogP contribution in [-0.4, -0.2) is 76.2 Å². The zero-order valence-electron chi connectivity index (χ0n) is 34.4. The molecular weight excluding hydrogens is 763 g/mol. The monoisotopic (exact) mass is 815 g/mol. The molecule has 3 aromatic carbocycles. The lowest BCUT2D eigenvalue weighted by Gasteiger charge is -2.39. The summed E-state index contributed by atoms with van der Waals surface area (Å²) >= 11 is 1.45. The minimum absolute atomic E-state index is 0.133. The topological polar surface area (TPSA) is 134 Å². The van der Waals surface area contributed by atoms with Gasteiger partial charge in [0.05, 0.1) is 23.4 Å². The predicted molar refractivity (Wildman–Crippen MR) is 232 cm³/mol. The summed E-state index contributed by atoms with van der Waals surface area (Å²) < 4.78 is 13.4. The number of esters is 1. The summed E-state index contributed by atoms with van der Waals surface area (Å²) in [6, 6.07) is 23.5. The average Bonchev–Trinajstić information content (AvgIpc) is 3.81. The van der Waals surface area contributed by atoms with E-state index in [9.17, 15) is 19.5 Å². The highest BCUT2D eigenvalue weighted by atomic mass is 32.1. The summed E-state index contributed by atoms with van der Waals surface area (Å²) in [5.41, 5.74) is 5.77. The van der Waals surface area contributed by atoms with Gasteiger partial charge in [0, 0.05) is 24.2 Å². The van der Waals surface area contributed by atoms with E-state index in [1.807, 2.05) is 94.4 Å². The highest BCUT2D eigenvalue weighted by Gasteiger charge is 2.41. The van der Waals surface area contributed by atoms with E-state index in [1.54, 1.807) is 0 Å². The van der Waals surface area contributed by atoms with Crippen LogP contribution in [0.2, 0.25) is 0 Å². The number of hydrogen-bond donors (Lipinski definition) is 2. The summed E-state index contributed by atoms with van der Waals surface area (Å²) in [7, 11) is 0. The van der Waals surface area contributed by atoms with Crippen LogP contribution < -0.4 is 15.0 Å². The van der Waals surface area contributed by atoms with Crippen molar-refractivity contribution in [2.24, 2.45) is 11.3 Å². The Hall–Kier alpha value is -5.33. The molecule has 59 heavy (non-hydrogen) atoms. The average molecular weight is 816 g/mol. The van der Waals surface area contributed by atoms with Crippen molar-refractivity contribution in [3.8, 4) is 16.9 Å². The van der Waals surface area contributed by atoms with Gasteiger partial charge >= 0.3 is 11.9 Å². The number of thiazole rings is 1. The largest absolute Gasteiger partial charge is 0.493 e. The molecule has 1 atom stereocenters. The first kappa shape index (κ1) is 40.4. The van der Waals surface area contributed by atoms with Crippen LogP contribution in [0, 0.1) is 18.3 Å². The number of fused-ring (bicyclic) bond motifs is 2. The van der Waals surface area contributed by atoms with Crippen molar-refractivity contribution in [3.05, 3.63) is 101 Å². The third-order valence-corrected chi connectivity index (χ3v) is 13.2. The third-order valence-electron chi connectivity index (χ3n) is 12.3. The molecule has 1 spiro atoms. The molecule has 2 fully saturated rings. The Morgan fingerprint density at radius 3 is 2.51 bits per heavy atom. The number of carboxylic acids is 1. The number of benzene rings is 3. The number of carboxylic acid groups (broad SMARTS) is 1. The van der Waals surface area contributed by atoms with Crippen LogP contribution in [0.25, 0.3) is 21.3 Å². The van der Waals surface area contributed by atoms with Gasteiger partial charge in [-0.3, -0.25) is 19.8 Å². The number of ether oxygens (including phenoxy) is 2. The molecule has 4 heterocycles. The van der Waals surface area contributed by atoms with Gasteiger partial charge in [-0.15, -0.1) is 0 Å². The molecule has 1 unspecified atom stereocenters. The molecule has 2 N–H and O–H groups in total. The molecule has 5 aromatic rings. The van der Waals surface area contributed by atoms with E-state index in [4.69, 9.17) is 14.5 Å². The van der Waals surface area contributed by atoms with Crippen LogP contribution >= 0.6 is 11.3 Å². The molecule has 3 aliphatic rings. The van der Waals surface area contributed by atoms with Crippen molar-refractivity contribution < 1.29 is 29.0 Å². The van der Waals surface area contributed by atoms with Crippen LogP contribution in [0.1, 0.15) is 96.8 Å². The van der Waals surface area contributed by atoms with E-state index in [-0.39, 0.29) is 18.1 Å². The Kier molecular flexibility index (Phi) is 11.5. The first-order valence-corrected chi connectivity index (χ1v) is 21.6. The fourth-order valence-corrected chi connectivity index (χ4v) is 10.1. The third kappa shape index (κ3) is 9.13. The van der Waals surface area contributed by atoms with Crippen LogP contribution in [0.5, 0.6) is 5.75 Å². The van der Waals surface area contributed by atoms with Crippen LogP contribution in [0.4, 0.5) is 10.9 Å². The van der Waals surface area contributed by atoms with E-state index in [1.165, 1.54) is 30.6 Å². The summed E-state index contributed by atoms with van der Waals surface area (Å²) in [5.74, 6) is 0.540. The lowest BCUT2D eigenvalue weighted by Crippen LogP contribution is -2.41. The Morgan fingerprint density at radius 1 is 0.932 bits per heavy atom. The molecule has 1 saturated heterocycles. The second kappa shape index (κ2) is 16.7. The smallest absolute Gasteiger partial charge is 0.358 e. The second-order valence-electron chi connectivity index (χ2n) is 17.5. The van der Waals surface area contributed by atoms with Gasteiger partial charge in [-0.1, -0.05) is 47.7 Å². The Bertz CT molecular complexity index is 2350. The number of aromatic nitrogens is 2. The molecule has 1 amide bonds. The van der Waals surface area contributed by atoms with Gasteiger partial charge in [0.1, 0.15) is 17.2 Å². The number of para-hydroxylation sites is 1. The summed E-state index contributed by atoms with van der Waals surface area (Å²) in [4.78, 5) is 52.7. The summed E-state index contributed by atoms with van der Waals surface area (Å²) in [6.45, 7) is 11.2. The maximum absolute atomic E-state index is 14.0. The van der Waals surface area contributed by atoms with Gasteiger partial charge in [-0.2, -0.15) is 0 Å². The Balaban J connectivity index is 0.984. The van der Waals surface area contributed by atoms with E-state index in [0.717, 1.165) is 70.6 Å². The van der Waals surface area contributed by atoms with E-state index in [2.05, 4.69) is 26.2 Å². The zero-order valence-corrected chi connectivity index (χ0v) is 35.2. The quantitative estimate of drug-likeness (QED) is 0.124. The van der Waals surface area contributed by atoms with Gasteiger partial charge in [0.2, 0.25) is 0 Å². The minimum Gasteiger partial charge on any atom is -0.493 e. The number of aliphatic carboxylic acids is 1. The standard InChI is InChI=1S/C47H53N5O6S/c1-30-33(10-8-13-38(30)57-26-19-31-17-20-47(27-31)21-24-51(25-22-47)29-41(53)54)34-15-16-40(49-42(34)44(56)58-46(2,3)4)52-23-18-32-9-7-11-35(36(32)28-52)43(55)50-45-48-37-12-5-6-14-39(37)59-45/h5-16,31H,17-29H2,1-4H3,(H,53,54)(H,48,50,55).